The summed E-state index contributed by atoms with van der Waals surface area (Å²) in [5, 5.41) is 8.04. The Labute approximate surface area is 260 Å². The molecule has 0 aliphatic carbocycles. The predicted octanol–water partition coefficient (Wildman–Crippen LogP) is 6.89. The lowest BCUT2D eigenvalue weighted by atomic mass is 9.93. The number of methoxy groups -OCH3 is 1. The van der Waals surface area contributed by atoms with Crippen LogP contribution < -0.4 is 10.6 Å². The second kappa shape index (κ2) is 13.1. The largest absolute Gasteiger partial charge is 0.444 e. The summed E-state index contributed by atoms with van der Waals surface area (Å²) >= 11 is 3.14. The minimum absolute atomic E-state index is 0.0746. The van der Waals surface area contributed by atoms with Crippen molar-refractivity contribution in [2.75, 3.05) is 32.1 Å². The fourth-order valence-corrected chi connectivity index (χ4v) is 7.77. The quantitative estimate of drug-likeness (QED) is 0.196. The number of benzene rings is 1. The summed E-state index contributed by atoms with van der Waals surface area (Å²) in [6, 6.07) is 9.91. The van der Waals surface area contributed by atoms with Crippen LogP contribution in [0.1, 0.15) is 57.5 Å². The molecule has 1 aliphatic heterocycles. The number of carbonyl (C=O) groups is 2. The number of ether oxygens (including phenoxy) is 2. The van der Waals surface area contributed by atoms with Gasteiger partial charge in [-0.1, -0.05) is 12.1 Å². The number of nitrogens with one attached hydrogen (secondary N) is 2. The van der Waals surface area contributed by atoms with Crippen molar-refractivity contribution in [1.29, 1.82) is 0 Å². The first-order valence-electron chi connectivity index (χ1n) is 14.5. The Morgan fingerprint density at radius 2 is 1.93 bits per heavy atom. The number of hydrogen-bond acceptors (Lipinski definition) is 9. The fourth-order valence-electron chi connectivity index (χ4n) is 5.33. The zero-order chi connectivity index (χ0) is 30.7. The number of nitrogens with zero attached hydrogens (tertiary/aromatic N) is 3. The maximum atomic E-state index is 13.3. The van der Waals surface area contributed by atoms with Gasteiger partial charge in [0.15, 0.2) is 0 Å². The third-order valence-corrected chi connectivity index (χ3v) is 9.63. The van der Waals surface area contributed by atoms with Crippen LogP contribution in [0.15, 0.2) is 42.7 Å². The number of pyridine rings is 1. The molecule has 43 heavy (non-hydrogen) atoms. The summed E-state index contributed by atoms with van der Waals surface area (Å²) in [6.45, 7) is 11.5. The molecule has 0 fully saturated rings. The number of thiophene rings is 1. The van der Waals surface area contributed by atoms with Crippen molar-refractivity contribution in [2.24, 2.45) is 0 Å². The molecule has 1 aliphatic rings. The first kappa shape index (κ1) is 31.1. The monoisotopic (exact) mass is 621 g/mol. The molecule has 5 rings (SSSR count). The van der Waals surface area contributed by atoms with E-state index in [0.717, 1.165) is 47.4 Å². The summed E-state index contributed by atoms with van der Waals surface area (Å²) in [4.78, 5) is 38.5. The lowest BCUT2D eigenvalue weighted by Gasteiger charge is -2.39. The topological polar surface area (TPSA) is 106 Å². The van der Waals surface area contributed by atoms with Crippen molar-refractivity contribution >= 4 is 49.9 Å². The summed E-state index contributed by atoms with van der Waals surface area (Å²) < 4.78 is 11.9. The second-order valence-corrected chi connectivity index (χ2v) is 13.8. The van der Waals surface area contributed by atoms with E-state index >= 15 is 0 Å². The van der Waals surface area contributed by atoms with Gasteiger partial charge in [-0.05, 0) is 70.4 Å². The van der Waals surface area contributed by atoms with E-state index in [1.165, 1.54) is 11.3 Å². The normalized spacial score (nSPS) is 16.7. The highest BCUT2D eigenvalue weighted by atomic mass is 32.1. The van der Waals surface area contributed by atoms with E-state index in [1.807, 2.05) is 63.9 Å². The molecule has 9 nitrogen and oxygen atoms in total. The lowest BCUT2D eigenvalue weighted by molar-refractivity contribution is -0.116. The van der Waals surface area contributed by atoms with Crippen molar-refractivity contribution in [3.63, 3.8) is 0 Å². The molecular weight excluding hydrogens is 583 g/mol. The number of hydrogen-bond donors (Lipinski definition) is 2. The molecule has 4 heterocycles. The summed E-state index contributed by atoms with van der Waals surface area (Å²) in [7, 11) is 1.65. The molecule has 0 saturated carbocycles. The van der Waals surface area contributed by atoms with Crippen LogP contribution in [0.2, 0.25) is 0 Å². The van der Waals surface area contributed by atoms with E-state index in [1.54, 1.807) is 24.6 Å². The van der Waals surface area contributed by atoms with E-state index in [9.17, 15) is 9.59 Å². The molecule has 228 valence electrons. The zero-order valence-corrected chi connectivity index (χ0v) is 27.2. The first-order valence-corrected chi connectivity index (χ1v) is 16.2. The molecule has 2 amide bonds. The standard InChI is InChI=1S/C32H39N5O4S2/c1-19-16-23-27(29-35-24-10-9-21(17-25(24)42-29)22-8-7-12-34-18-22)30(36-26(38)11-13-33-14-15-40-6)43-28(23)20(2)37(19)31(39)41-32(3,4)5/h7-10,12,17-20,33H,11,13-16H2,1-6H3,(H,36,38). The minimum atomic E-state index is -0.594. The molecule has 0 saturated heterocycles. The van der Waals surface area contributed by atoms with Gasteiger partial charge in [0.2, 0.25) is 5.91 Å². The van der Waals surface area contributed by atoms with Gasteiger partial charge >= 0.3 is 6.09 Å². The first-order chi connectivity index (χ1) is 20.6. The average Bonchev–Trinajstić information content (AvgIpc) is 3.52. The second-order valence-electron chi connectivity index (χ2n) is 11.7. The van der Waals surface area contributed by atoms with Crippen molar-refractivity contribution in [1.82, 2.24) is 20.2 Å². The van der Waals surface area contributed by atoms with Crippen LogP contribution in [0.25, 0.3) is 31.9 Å². The van der Waals surface area contributed by atoms with Crippen molar-refractivity contribution < 1.29 is 19.1 Å². The van der Waals surface area contributed by atoms with Gasteiger partial charge in [0.05, 0.1) is 22.9 Å². The molecular formula is C32H39N5O4S2. The maximum Gasteiger partial charge on any atom is 0.411 e. The maximum absolute atomic E-state index is 13.3. The SMILES string of the molecule is COCCNCCC(=O)Nc1sc2c(c1-c1nc3ccc(-c4cccnc4)cc3s1)CC(C)N(C(=O)OC(C)(C)C)C2C. The molecule has 2 N–H and O–H groups in total. The van der Waals surface area contributed by atoms with Crippen LogP contribution in [0.3, 0.4) is 0 Å². The minimum Gasteiger partial charge on any atom is -0.444 e. The van der Waals surface area contributed by atoms with Crippen LogP contribution in [-0.4, -0.2) is 65.3 Å². The number of anilines is 1. The number of fused-ring (bicyclic) bond motifs is 2. The number of amides is 2. The third kappa shape index (κ3) is 7.06. The van der Waals surface area contributed by atoms with Crippen molar-refractivity contribution in [3.8, 4) is 21.7 Å². The molecule has 2 unspecified atom stereocenters. The van der Waals surface area contributed by atoms with Gasteiger partial charge in [-0.3, -0.25) is 14.7 Å². The lowest BCUT2D eigenvalue weighted by Crippen LogP contribution is -2.46. The summed E-state index contributed by atoms with van der Waals surface area (Å²) in [5.41, 5.74) is 4.51. The van der Waals surface area contributed by atoms with Gasteiger partial charge in [-0.15, -0.1) is 22.7 Å². The van der Waals surface area contributed by atoms with Gasteiger partial charge in [0.25, 0.3) is 0 Å². The number of carbonyl (C=O) groups excluding carboxylic acids is 2. The van der Waals surface area contributed by atoms with Gasteiger partial charge in [-0.2, -0.15) is 0 Å². The number of thiazole rings is 1. The van der Waals surface area contributed by atoms with Crippen LogP contribution in [0, 0.1) is 0 Å². The highest BCUT2D eigenvalue weighted by Crippen LogP contribution is 2.50. The summed E-state index contributed by atoms with van der Waals surface area (Å²) in [6.07, 6.45) is 4.26. The molecule has 0 radical (unpaired) electrons. The van der Waals surface area contributed by atoms with Gasteiger partial charge in [0, 0.05) is 61.1 Å². The molecule has 0 spiro atoms. The van der Waals surface area contributed by atoms with Crippen molar-refractivity contribution in [3.05, 3.63) is 53.2 Å². The predicted molar refractivity (Wildman–Crippen MR) is 174 cm³/mol. The Morgan fingerprint density at radius 1 is 1.12 bits per heavy atom. The van der Waals surface area contributed by atoms with Crippen molar-refractivity contribution in [2.45, 2.75) is 65.1 Å². The fraction of sp³-hybridized carbons (Fsp3) is 0.438. The van der Waals surface area contributed by atoms with Gasteiger partial charge in [0.1, 0.15) is 15.6 Å². The Balaban J connectivity index is 1.51. The zero-order valence-electron chi connectivity index (χ0n) is 25.5. The Morgan fingerprint density at radius 3 is 2.65 bits per heavy atom. The smallest absolute Gasteiger partial charge is 0.411 e. The molecule has 3 aromatic heterocycles. The van der Waals surface area contributed by atoms with E-state index < -0.39 is 5.60 Å². The van der Waals surface area contributed by atoms with Gasteiger partial charge < -0.3 is 20.1 Å². The molecule has 0 bridgehead atoms. The van der Waals surface area contributed by atoms with E-state index in [0.29, 0.717) is 32.5 Å². The molecule has 11 heteroatoms. The van der Waals surface area contributed by atoms with E-state index in [2.05, 4.69) is 27.8 Å². The van der Waals surface area contributed by atoms with Gasteiger partial charge in [-0.25, -0.2) is 9.78 Å². The molecule has 4 aromatic rings. The average molecular weight is 622 g/mol. The Hall–Kier alpha value is -3.38. The van der Waals surface area contributed by atoms with Crippen LogP contribution in [0.4, 0.5) is 9.80 Å². The highest BCUT2D eigenvalue weighted by Gasteiger charge is 2.39. The van der Waals surface area contributed by atoms with E-state index in [4.69, 9.17) is 14.5 Å². The molecule has 2 atom stereocenters. The van der Waals surface area contributed by atoms with Crippen LogP contribution >= 0.6 is 22.7 Å². The Bertz CT molecular complexity index is 1590. The summed E-state index contributed by atoms with van der Waals surface area (Å²) in [5.74, 6) is -0.0746. The number of rotatable bonds is 9. The Kier molecular flexibility index (Phi) is 9.45. The number of aromatic nitrogens is 2. The highest BCUT2D eigenvalue weighted by molar-refractivity contribution is 7.23. The molecule has 1 aromatic carbocycles. The van der Waals surface area contributed by atoms with Crippen LogP contribution in [-0.2, 0) is 20.7 Å². The third-order valence-electron chi connectivity index (χ3n) is 7.28. The van der Waals surface area contributed by atoms with E-state index in [-0.39, 0.29) is 24.1 Å². The van der Waals surface area contributed by atoms with Crippen LogP contribution in [0.5, 0.6) is 0 Å².